The van der Waals surface area contributed by atoms with Crippen LogP contribution >= 0.6 is 0 Å². The van der Waals surface area contributed by atoms with Crippen LogP contribution in [0.5, 0.6) is 11.5 Å². The first-order valence-electron chi connectivity index (χ1n) is 24.4. The second kappa shape index (κ2) is 18.6. The second-order valence-corrected chi connectivity index (χ2v) is 23.1. The van der Waals surface area contributed by atoms with Crippen molar-refractivity contribution >= 4 is 62.6 Å². The summed E-state index contributed by atoms with van der Waals surface area (Å²) in [4.78, 5) is 36.8. The van der Waals surface area contributed by atoms with E-state index in [9.17, 15) is 14.7 Å². The normalized spacial score (nSPS) is 19.6. The summed E-state index contributed by atoms with van der Waals surface area (Å²) >= 11 is 0. The van der Waals surface area contributed by atoms with Crippen molar-refractivity contribution in [2.24, 2.45) is 0 Å². The van der Waals surface area contributed by atoms with Gasteiger partial charge >= 0.3 is 40.8 Å². The number of carbonyl (C=O) groups is 2. The summed E-state index contributed by atoms with van der Waals surface area (Å²) in [5, 5.41) is 10.7. The Morgan fingerprint density at radius 2 is 0.833 bits per heavy atom. The fourth-order valence-corrected chi connectivity index (χ4v) is 7.89. The Balaban J connectivity index is 0.962. The van der Waals surface area contributed by atoms with Crippen molar-refractivity contribution < 1.29 is 56.7 Å². The Labute approximate surface area is 425 Å². The number of benzene rings is 4. The van der Waals surface area contributed by atoms with Crippen LogP contribution in [0.2, 0.25) is 0 Å². The molecule has 0 bridgehead atoms. The van der Waals surface area contributed by atoms with Gasteiger partial charge in [0, 0.05) is 11.1 Å². The van der Waals surface area contributed by atoms with Crippen LogP contribution in [0.3, 0.4) is 0 Å². The van der Waals surface area contributed by atoms with E-state index in [1.165, 1.54) is 6.33 Å². The predicted octanol–water partition coefficient (Wildman–Crippen LogP) is 6.69. The van der Waals surface area contributed by atoms with Crippen LogP contribution in [-0.2, 0) is 32.6 Å². The molecule has 3 aliphatic heterocycles. The smallest absolute Gasteiger partial charge is 0.427 e. The first-order chi connectivity index (χ1) is 33.3. The molecule has 376 valence electrons. The lowest BCUT2D eigenvalue weighted by Crippen LogP contribution is -2.49. The minimum Gasteiger partial charge on any atom is -0.427 e. The molecule has 0 saturated carbocycles. The van der Waals surface area contributed by atoms with Gasteiger partial charge in [0.25, 0.3) is 0 Å². The largest absolute Gasteiger partial charge is 0.494 e. The third kappa shape index (κ3) is 10.7. The first-order valence-corrected chi connectivity index (χ1v) is 24.4. The Kier molecular flexibility index (Phi) is 13.8. The van der Waals surface area contributed by atoms with E-state index in [1.807, 2.05) is 139 Å². The number of hydrogen-bond donors (Lipinski definition) is 1. The molecule has 1 N–H and O–H groups in total. The molecule has 1 aromatic heterocycles. The van der Waals surface area contributed by atoms with Crippen LogP contribution in [0.4, 0.5) is 0 Å². The molecule has 0 radical (unpaired) electrons. The first kappa shape index (κ1) is 53.1. The molecule has 14 nitrogen and oxygen atoms in total. The minimum atomic E-state index is -1.13. The number of carbonyl (C=O) groups excluding carboxylic acids is 2. The summed E-state index contributed by atoms with van der Waals surface area (Å²) < 4.78 is 56.2. The quantitative estimate of drug-likeness (QED) is 0.0755. The van der Waals surface area contributed by atoms with Gasteiger partial charge in [0.1, 0.15) is 17.8 Å². The lowest BCUT2D eigenvalue weighted by Gasteiger charge is -2.37. The maximum Gasteiger partial charge on any atom is 0.494 e. The van der Waals surface area contributed by atoms with Crippen molar-refractivity contribution in [3.8, 4) is 34.0 Å². The number of aromatic nitrogens is 2. The van der Waals surface area contributed by atoms with Crippen LogP contribution < -0.4 is 31.3 Å². The van der Waals surface area contributed by atoms with Gasteiger partial charge in [-0.15, -0.1) is 0 Å². The molecule has 0 unspecified atom stereocenters. The molecule has 0 amide bonds. The predicted molar refractivity (Wildman–Crippen MR) is 281 cm³/mol. The maximum absolute atomic E-state index is 13.9. The molecule has 0 aliphatic carbocycles. The molecule has 4 aromatic carbocycles. The third-order valence-corrected chi connectivity index (χ3v) is 15.5. The van der Waals surface area contributed by atoms with Gasteiger partial charge in [0.15, 0.2) is 0 Å². The fraction of sp³-hybridized carbons (Fsp3) is 0.444. The molecule has 0 atom stereocenters. The number of hydrogen-bond acceptors (Lipinski definition) is 14. The highest BCUT2D eigenvalue weighted by Crippen LogP contribution is 2.39. The zero-order valence-corrected chi connectivity index (χ0v) is 44.5. The number of nitrogens with zero attached hydrogens (tertiary/aromatic N) is 2. The van der Waals surface area contributed by atoms with Crippen molar-refractivity contribution in [3.63, 3.8) is 0 Å². The molecule has 3 fully saturated rings. The summed E-state index contributed by atoms with van der Waals surface area (Å²) in [5.41, 5.74) is 0.394. The Bertz CT molecular complexity index is 2760. The van der Waals surface area contributed by atoms with Crippen molar-refractivity contribution in [3.05, 3.63) is 108 Å². The van der Waals surface area contributed by atoms with Crippen molar-refractivity contribution in [2.45, 2.75) is 156 Å². The number of aliphatic hydroxyl groups is 1. The summed E-state index contributed by atoms with van der Waals surface area (Å²) in [6, 6.07) is 26.6. The van der Waals surface area contributed by atoms with Crippen molar-refractivity contribution in [2.75, 3.05) is 0 Å². The standard InChI is InChI=1S/C54H66B4N2O12/c1-47(2,63)48(3,4)66-55-37-25-35(26-38(29-37)56-67-49(5,6)50(7,8)68-56)45(61)64-41-21-17-33(18-22-41)43-31-44(60-32-59-43)34-19-23-42(24-20-34)65-46(62)36-27-39(57-69-51(9,10)52(11,12)70-57)30-40(28-36)58-71-53(13,14)54(15,16)72-58/h17-32,55,63H,1-16H3. The number of ether oxygens (including phenoxy) is 2. The van der Waals surface area contributed by atoms with Gasteiger partial charge < -0.3 is 47.2 Å². The molecule has 5 aromatic rings. The maximum atomic E-state index is 13.9. The number of rotatable bonds is 13. The SMILES string of the molecule is CC(C)(O)C(C)(C)OBc1cc(B2OC(C)(C)C(C)(C)O2)cc(C(=O)Oc2ccc(-c3cc(-c4ccc(OC(=O)c5cc(B6OC(C)(C)C(C)(C)O6)cc(B6OC(C)(C)C(C)(C)O6)c5)cc4)ncn3)cc2)c1. The van der Waals surface area contributed by atoms with Gasteiger partial charge in [-0.1, -0.05) is 23.7 Å². The van der Waals surface area contributed by atoms with Gasteiger partial charge in [-0.25, -0.2) is 19.6 Å². The summed E-state index contributed by atoms with van der Waals surface area (Å²) in [5.74, 6) is -0.493. The van der Waals surface area contributed by atoms with Gasteiger partial charge in [0.2, 0.25) is 0 Å². The van der Waals surface area contributed by atoms with E-state index in [0.29, 0.717) is 44.7 Å². The highest BCUT2D eigenvalue weighted by Gasteiger charge is 2.55. The summed E-state index contributed by atoms with van der Waals surface area (Å²) in [6.45, 7) is 30.7. The lowest BCUT2D eigenvalue weighted by molar-refractivity contribution is -0.0893. The number of esters is 2. The average Bonchev–Trinajstić information content (AvgIpc) is 3.77. The molecular formula is C54H66B4N2O12. The molecule has 3 aliphatic rings. The van der Waals surface area contributed by atoms with Crippen LogP contribution in [0.15, 0.2) is 97.3 Å². The lowest BCUT2D eigenvalue weighted by atomic mass is 9.71. The molecule has 18 heteroatoms. The monoisotopic (exact) mass is 978 g/mol. The minimum absolute atomic E-state index is 0.115. The van der Waals surface area contributed by atoms with E-state index in [0.717, 1.165) is 11.1 Å². The van der Waals surface area contributed by atoms with Gasteiger partial charge in [-0.3, -0.25) is 0 Å². The van der Waals surface area contributed by atoms with E-state index in [2.05, 4.69) is 9.97 Å². The highest BCUT2D eigenvalue weighted by molar-refractivity contribution is 6.66. The van der Waals surface area contributed by atoms with Gasteiger partial charge in [0.05, 0.1) is 67.3 Å². The van der Waals surface area contributed by atoms with Crippen LogP contribution in [0, 0.1) is 0 Å². The van der Waals surface area contributed by atoms with Crippen LogP contribution in [-0.4, -0.2) is 101 Å². The van der Waals surface area contributed by atoms with Crippen LogP contribution in [0.25, 0.3) is 22.5 Å². The molecule has 4 heterocycles. The Hall–Kier alpha value is -5.16. The van der Waals surface area contributed by atoms with Gasteiger partial charge in [-0.2, -0.15) is 0 Å². The molecular weight excluding hydrogens is 912 g/mol. The Morgan fingerprint density at radius 3 is 1.18 bits per heavy atom. The summed E-state index contributed by atoms with van der Waals surface area (Å²) in [6.07, 6.45) is 1.48. The highest BCUT2D eigenvalue weighted by atomic mass is 16.7. The van der Waals surface area contributed by atoms with E-state index in [-0.39, 0.29) is 18.6 Å². The van der Waals surface area contributed by atoms with E-state index >= 15 is 0 Å². The molecule has 3 saturated heterocycles. The fourth-order valence-electron chi connectivity index (χ4n) is 7.89. The van der Waals surface area contributed by atoms with Gasteiger partial charge in [-0.05, 0) is 200 Å². The second-order valence-electron chi connectivity index (χ2n) is 23.1. The van der Waals surface area contributed by atoms with Crippen molar-refractivity contribution in [1.29, 1.82) is 0 Å². The van der Waals surface area contributed by atoms with E-state index in [1.54, 1.807) is 62.4 Å². The zero-order chi connectivity index (χ0) is 52.6. The molecule has 0 spiro atoms. The third-order valence-electron chi connectivity index (χ3n) is 15.5. The summed E-state index contributed by atoms with van der Waals surface area (Å²) in [7, 11) is -2.09. The van der Waals surface area contributed by atoms with E-state index < -0.39 is 78.1 Å². The average molecular weight is 978 g/mol. The molecule has 8 rings (SSSR count). The topological polar surface area (TPSA) is 163 Å². The molecule has 72 heavy (non-hydrogen) atoms. The van der Waals surface area contributed by atoms with E-state index in [4.69, 9.17) is 42.1 Å². The van der Waals surface area contributed by atoms with Crippen molar-refractivity contribution in [1.82, 2.24) is 9.97 Å². The zero-order valence-electron chi connectivity index (χ0n) is 44.5. The Morgan fingerprint density at radius 1 is 0.500 bits per heavy atom. The van der Waals surface area contributed by atoms with Crippen LogP contribution in [0.1, 0.15) is 131 Å².